The van der Waals surface area contributed by atoms with Gasteiger partial charge in [0.05, 0.1) is 11.4 Å². The minimum Gasteiger partial charge on any atom is -0.297 e. The zero-order valence-electron chi connectivity index (χ0n) is 31.3. The molecule has 0 fully saturated rings. The molecule has 50 heavy (non-hydrogen) atoms. The molecule has 0 aliphatic rings. The van der Waals surface area contributed by atoms with E-state index in [9.17, 15) is 19.2 Å². The topological polar surface area (TPSA) is 125 Å². The number of benzene rings is 2. The Hall–Kier alpha value is -5.38. The molecule has 0 N–H and O–H groups in total. The smallest absolute Gasteiger partial charge is 0.297 e. The summed E-state index contributed by atoms with van der Waals surface area (Å²) >= 11 is 0. The van der Waals surface area contributed by atoms with Crippen LogP contribution in [0.1, 0.15) is 91.7 Å². The summed E-state index contributed by atoms with van der Waals surface area (Å²) < 4.78 is 2.61. The number of hydrogen-bond donors (Lipinski definition) is 0. The summed E-state index contributed by atoms with van der Waals surface area (Å²) in [5.74, 6) is -1.78. The van der Waals surface area contributed by atoms with Crippen molar-refractivity contribution in [3.8, 4) is 11.1 Å². The van der Waals surface area contributed by atoms with Gasteiger partial charge in [0, 0.05) is 24.3 Å². The van der Waals surface area contributed by atoms with Gasteiger partial charge in [-0.3, -0.25) is 9.59 Å². The lowest BCUT2D eigenvalue weighted by Crippen LogP contribution is -2.49. The summed E-state index contributed by atoms with van der Waals surface area (Å²) in [5.41, 5.74) is 2.75. The van der Waals surface area contributed by atoms with E-state index in [-0.39, 0.29) is 0 Å². The first kappa shape index (κ1) is 44.6. The number of aromatic nitrogens is 2. The molecule has 0 radical (unpaired) electrons. The fourth-order valence-electron chi connectivity index (χ4n) is 3.67. The monoisotopic (exact) mass is 682 g/mol. The third-order valence-corrected chi connectivity index (χ3v) is 5.82. The summed E-state index contributed by atoms with van der Waals surface area (Å²) in [6.45, 7) is 19.1. The molecule has 4 rings (SSSR count). The van der Waals surface area contributed by atoms with Crippen LogP contribution in [0.2, 0.25) is 0 Å². The Morgan fingerprint density at radius 2 is 0.760 bits per heavy atom. The second-order valence-electron chi connectivity index (χ2n) is 10.2. The lowest BCUT2D eigenvalue weighted by molar-refractivity contribution is -0.574. The Labute approximate surface area is 298 Å². The zero-order chi connectivity index (χ0) is 37.9. The molecule has 0 spiro atoms. The molecule has 10 nitrogen and oxygen atoms in total. The van der Waals surface area contributed by atoms with Crippen LogP contribution < -0.4 is 9.13 Å². The van der Waals surface area contributed by atoms with E-state index in [0.717, 1.165) is 11.1 Å². The van der Waals surface area contributed by atoms with Crippen molar-refractivity contribution in [2.75, 3.05) is 0 Å². The van der Waals surface area contributed by atoms with Gasteiger partial charge in [-0.2, -0.15) is 20.5 Å². The number of ketones is 2. The van der Waals surface area contributed by atoms with E-state index in [4.69, 9.17) is 0 Å². The quantitative estimate of drug-likeness (QED) is 0.0990. The fourth-order valence-corrected chi connectivity index (χ4v) is 3.67. The number of hydrogen-bond acceptors (Lipinski definition) is 8. The maximum atomic E-state index is 12.6. The van der Waals surface area contributed by atoms with E-state index in [1.807, 2.05) is 52.0 Å². The van der Waals surface area contributed by atoms with Crippen LogP contribution in [0.25, 0.3) is 11.1 Å². The molecule has 0 amide bonds. The highest BCUT2D eigenvalue weighted by Crippen LogP contribution is 2.25. The van der Waals surface area contributed by atoms with Crippen LogP contribution >= 0.6 is 0 Å². The van der Waals surface area contributed by atoms with Crippen LogP contribution in [0.3, 0.4) is 0 Å². The van der Waals surface area contributed by atoms with E-state index in [0.29, 0.717) is 11.4 Å². The van der Waals surface area contributed by atoms with Crippen LogP contribution in [0, 0.1) is 0 Å². The van der Waals surface area contributed by atoms with Gasteiger partial charge in [-0.15, -0.1) is 9.13 Å². The van der Waals surface area contributed by atoms with E-state index in [1.165, 1.54) is 35.8 Å². The Morgan fingerprint density at radius 3 is 1.00 bits per heavy atom. The number of nitrogens with zero attached hydrogens (tertiary/aromatic N) is 6. The van der Waals surface area contributed by atoms with Gasteiger partial charge in [-0.25, -0.2) is 9.59 Å². The molecule has 0 saturated carbocycles. The number of pyridine rings is 2. The minimum absolute atomic E-state index is 0.406. The van der Waals surface area contributed by atoms with Crippen LogP contribution in [0.5, 0.6) is 0 Å². The summed E-state index contributed by atoms with van der Waals surface area (Å²) in [7, 11) is 0. The normalized spacial score (nSPS) is 11.2. The molecular formula is C40H54N6O4+2. The van der Waals surface area contributed by atoms with Crippen molar-refractivity contribution in [1.29, 1.82) is 0 Å². The third-order valence-electron chi connectivity index (χ3n) is 5.82. The molecule has 266 valence electrons. The molecular weight excluding hydrogens is 628 g/mol. The molecule has 0 aliphatic heterocycles. The average Bonchev–Trinajstić information content (AvgIpc) is 3.15. The highest BCUT2D eigenvalue weighted by molar-refractivity contribution is 6.01. The van der Waals surface area contributed by atoms with Gasteiger partial charge in [0.2, 0.25) is 0 Å². The molecule has 2 heterocycles. The minimum atomic E-state index is -1.24. The Bertz CT molecular complexity index is 1480. The molecule has 10 heteroatoms. The highest BCUT2D eigenvalue weighted by Gasteiger charge is 2.32. The fraction of sp³-hybridized carbons (Fsp3) is 0.350. The molecule has 2 aromatic heterocycles. The van der Waals surface area contributed by atoms with Crippen LogP contribution in [0.4, 0.5) is 11.4 Å². The predicted octanol–water partition coefficient (Wildman–Crippen LogP) is 9.58. The van der Waals surface area contributed by atoms with Gasteiger partial charge >= 0.3 is 11.8 Å². The Balaban J connectivity index is 0.00000217. The Morgan fingerprint density at radius 1 is 0.500 bits per heavy atom. The first-order valence-electron chi connectivity index (χ1n) is 17.2. The second kappa shape index (κ2) is 26.6. The third kappa shape index (κ3) is 15.7. The zero-order valence-corrected chi connectivity index (χ0v) is 31.3. The molecule has 2 atom stereocenters. The average molecular weight is 683 g/mol. The van der Waals surface area contributed by atoms with Crippen molar-refractivity contribution in [2.24, 2.45) is 20.5 Å². The van der Waals surface area contributed by atoms with E-state index in [2.05, 4.69) is 48.2 Å². The van der Waals surface area contributed by atoms with Crippen molar-refractivity contribution < 1.29 is 28.3 Å². The van der Waals surface area contributed by atoms with Crippen LogP contribution in [-0.2, 0) is 9.59 Å². The number of Topliss-reactive ketones (excluding diaryl/α,β-unsaturated/α-hetero) is 2. The van der Waals surface area contributed by atoms with Crippen molar-refractivity contribution in [3.05, 3.63) is 110 Å². The first-order valence-corrected chi connectivity index (χ1v) is 17.2. The van der Waals surface area contributed by atoms with Crippen molar-refractivity contribution >= 4 is 34.8 Å². The number of azo groups is 2. The lowest BCUT2D eigenvalue weighted by atomic mass is 10.1. The molecule has 2 aromatic carbocycles. The van der Waals surface area contributed by atoms with Crippen molar-refractivity contribution in [2.45, 2.75) is 94.2 Å². The van der Waals surface area contributed by atoms with Gasteiger partial charge in [-0.1, -0.05) is 105 Å². The van der Waals surface area contributed by atoms with Gasteiger partial charge in [0.15, 0.2) is 36.4 Å². The molecule has 0 saturated heterocycles. The lowest BCUT2D eigenvalue weighted by Gasteiger charge is -2.04. The van der Waals surface area contributed by atoms with Gasteiger partial charge in [0.25, 0.3) is 12.1 Å². The Kier molecular flexibility index (Phi) is 23.7. The summed E-state index contributed by atoms with van der Waals surface area (Å²) in [5, 5.41) is 16.2. The summed E-state index contributed by atoms with van der Waals surface area (Å²) in [6, 6.07) is 22.1. The summed E-state index contributed by atoms with van der Waals surface area (Å²) in [4.78, 5) is 49.3. The molecule has 0 bridgehead atoms. The van der Waals surface area contributed by atoms with Crippen LogP contribution in [-0.4, -0.2) is 35.5 Å². The second-order valence-corrected chi connectivity index (χ2v) is 10.2. The van der Waals surface area contributed by atoms with Gasteiger partial charge in [-0.05, 0) is 49.2 Å². The molecule has 0 aliphatic carbocycles. The van der Waals surface area contributed by atoms with E-state index >= 15 is 0 Å². The first-order chi connectivity index (χ1) is 24.2. The van der Waals surface area contributed by atoms with Crippen molar-refractivity contribution in [3.63, 3.8) is 0 Å². The van der Waals surface area contributed by atoms with Crippen molar-refractivity contribution in [1.82, 2.24) is 0 Å². The highest BCUT2D eigenvalue weighted by atomic mass is 16.2. The number of carbonyl (C=O) groups is 4. The summed E-state index contributed by atoms with van der Waals surface area (Å²) in [6.07, 6.45) is 8.72. The maximum Gasteiger partial charge on any atom is 0.426 e. The SMILES string of the molecule is CC.CC.CC(=O)C(N=Nc1ccc(-c2ccc(N=NC(C(C)=O)C(=O)[n+]3ccccc3)cc2)cc1)C(=O)[n+]1ccccc1.CCC.CCC. The van der Waals surface area contributed by atoms with Gasteiger partial charge < -0.3 is 0 Å². The maximum absolute atomic E-state index is 12.6. The number of rotatable bonds is 9. The van der Waals surface area contributed by atoms with E-state index in [1.54, 1.807) is 85.5 Å². The van der Waals surface area contributed by atoms with Crippen LogP contribution in [0.15, 0.2) is 130 Å². The van der Waals surface area contributed by atoms with E-state index < -0.39 is 35.5 Å². The molecule has 2 unspecified atom stereocenters. The van der Waals surface area contributed by atoms with Gasteiger partial charge in [0.1, 0.15) is 0 Å². The standard InChI is InChI=1S/C30H26N6O4.2C3H8.2C2H6/c1-21(37)27(29(39)35-17-5-3-6-18-35)33-31-25-13-9-23(10-14-25)24-11-15-26(16-12-24)32-34-28(22(2)38)30(40)36-19-7-4-8-20-36;2*1-3-2;2*1-2/h3-20,27-28H,1-2H3;2*3H2,1-2H3;2*1-2H3/q+2;;;;. The molecule has 4 aromatic rings. The number of carbonyl (C=O) groups excluding carboxylic acids is 4. The predicted molar refractivity (Wildman–Crippen MR) is 199 cm³/mol. The largest absolute Gasteiger partial charge is 0.426 e.